The monoisotopic (exact) mass is 399 g/mol. The highest BCUT2D eigenvalue weighted by Crippen LogP contribution is 2.28. The molecule has 0 aliphatic carbocycles. The van der Waals surface area contributed by atoms with Crippen molar-refractivity contribution in [3.8, 4) is 0 Å². The normalized spacial score (nSPS) is 16.7. The highest BCUT2D eigenvalue weighted by atomic mass is 35.5. The summed E-state index contributed by atoms with van der Waals surface area (Å²) in [6.07, 6.45) is 2.79. The van der Waals surface area contributed by atoms with Crippen LogP contribution in [-0.4, -0.2) is 29.9 Å². The summed E-state index contributed by atoms with van der Waals surface area (Å²) in [6.45, 7) is 0.757. The van der Waals surface area contributed by atoms with Crippen LogP contribution < -0.4 is 10.2 Å². The molecule has 1 aromatic heterocycles. The van der Waals surface area contributed by atoms with Crippen LogP contribution in [0.2, 0.25) is 5.02 Å². The zero-order valence-electron chi connectivity index (χ0n) is 15.0. The molecule has 1 fully saturated rings. The molecule has 1 aliphatic heterocycles. The van der Waals surface area contributed by atoms with Crippen molar-refractivity contribution in [2.75, 3.05) is 18.0 Å². The lowest BCUT2D eigenvalue weighted by Gasteiger charge is -2.17. The third-order valence-electron chi connectivity index (χ3n) is 5.08. The average Bonchev–Trinajstić information content (AvgIpc) is 3.28. The molecular weight excluding hydrogens is 381 g/mol. The molecule has 2 N–H and O–H groups in total. The molecule has 144 valence electrons. The van der Waals surface area contributed by atoms with Gasteiger partial charge in [0.25, 0.3) is 0 Å². The topological polar surface area (TPSA) is 65.2 Å². The van der Waals surface area contributed by atoms with Gasteiger partial charge >= 0.3 is 0 Å². The Morgan fingerprint density at radius 3 is 2.93 bits per heavy atom. The number of aromatic amines is 1. The minimum absolute atomic E-state index is 0.0445. The zero-order chi connectivity index (χ0) is 19.7. The third kappa shape index (κ3) is 3.60. The molecule has 7 heteroatoms. The summed E-state index contributed by atoms with van der Waals surface area (Å²) in [6, 6.07) is 12.1. The maximum absolute atomic E-state index is 13.3. The maximum atomic E-state index is 13.3. The molecule has 2 heterocycles. The van der Waals surface area contributed by atoms with Crippen molar-refractivity contribution in [3.05, 3.63) is 65.1 Å². The Labute approximate surface area is 166 Å². The fourth-order valence-corrected chi connectivity index (χ4v) is 3.76. The van der Waals surface area contributed by atoms with E-state index in [-0.39, 0.29) is 29.8 Å². The highest BCUT2D eigenvalue weighted by Gasteiger charge is 2.35. The number of carbonyl (C=O) groups excluding carboxylic acids is 2. The molecule has 0 bridgehead atoms. The lowest BCUT2D eigenvalue weighted by Crippen LogP contribution is -2.34. The lowest BCUT2D eigenvalue weighted by atomic mass is 10.1. The molecule has 1 unspecified atom stereocenters. The number of hydrogen-bond acceptors (Lipinski definition) is 2. The second-order valence-corrected chi connectivity index (χ2v) is 7.31. The molecule has 2 amide bonds. The molecule has 28 heavy (non-hydrogen) atoms. The number of fused-ring (bicyclic) bond motifs is 1. The van der Waals surface area contributed by atoms with Gasteiger partial charge in [-0.1, -0.05) is 29.8 Å². The number of benzene rings is 2. The number of nitrogens with one attached hydrogen (secondary N) is 2. The predicted octanol–water partition coefficient (Wildman–Crippen LogP) is 3.67. The molecule has 4 rings (SSSR count). The summed E-state index contributed by atoms with van der Waals surface area (Å²) in [4.78, 5) is 29.5. The van der Waals surface area contributed by atoms with Crippen LogP contribution in [0.4, 0.5) is 10.1 Å². The number of carbonyl (C=O) groups is 2. The fraction of sp³-hybridized carbons (Fsp3) is 0.238. The van der Waals surface area contributed by atoms with Gasteiger partial charge in [0.15, 0.2) is 0 Å². The Bertz CT molecular complexity index is 1050. The quantitative estimate of drug-likeness (QED) is 0.687. The van der Waals surface area contributed by atoms with Crippen molar-refractivity contribution in [1.29, 1.82) is 0 Å². The van der Waals surface area contributed by atoms with Crippen LogP contribution in [0.1, 0.15) is 12.0 Å². The Balaban J connectivity index is 1.35. The highest BCUT2D eigenvalue weighted by molar-refractivity contribution is 6.31. The van der Waals surface area contributed by atoms with Crippen molar-refractivity contribution < 1.29 is 14.0 Å². The first-order valence-corrected chi connectivity index (χ1v) is 9.49. The van der Waals surface area contributed by atoms with E-state index in [0.717, 1.165) is 16.5 Å². The van der Waals surface area contributed by atoms with Crippen LogP contribution in [0.25, 0.3) is 10.9 Å². The molecule has 1 atom stereocenters. The second-order valence-electron chi connectivity index (χ2n) is 6.90. The molecule has 0 radical (unpaired) electrons. The zero-order valence-corrected chi connectivity index (χ0v) is 15.8. The van der Waals surface area contributed by atoms with Gasteiger partial charge in [0.2, 0.25) is 11.8 Å². The number of halogens is 2. The second kappa shape index (κ2) is 7.64. The van der Waals surface area contributed by atoms with E-state index in [1.165, 1.54) is 23.1 Å². The standard InChI is InChI=1S/C21H19ClFN3O2/c22-17-10-15(5-6-18(17)23)26-12-14(9-20(26)27)21(28)24-8-7-13-11-25-19-4-2-1-3-16(13)19/h1-6,10-11,14,25H,7-9,12H2,(H,24,28). The molecule has 3 aromatic rings. The lowest BCUT2D eigenvalue weighted by molar-refractivity contribution is -0.126. The Hall–Kier alpha value is -2.86. The number of aromatic nitrogens is 1. The number of amides is 2. The van der Waals surface area contributed by atoms with Gasteiger partial charge in [-0.15, -0.1) is 0 Å². The van der Waals surface area contributed by atoms with Crippen LogP contribution in [-0.2, 0) is 16.0 Å². The van der Waals surface area contributed by atoms with E-state index in [4.69, 9.17) is 11.6 Å². The smallest absolute Gasteiger partial charge is 0.227 e. The summed E-state index contributed by atoms with van der Waals surface area (Å²) < 4.78 is 13.3. The van der Waals surface area contributed by atoms with Gasteiger partial charge in [0, 0.05) is 42.3 Å². The van der Waals surface area contributed by atoms with E-state index in [9.17, 15) is 14.0 Å². The van der Waals surface area contributed by atoms with E-state index in [2.05, 4.69) is 10.3 Å². The van der Waals surface area contributed by atoms with Gasteiger partial charge in [-0.05, 0) is 36.2 Å². The Kier molecular flexibility index (Phi) is 5.05. The van der Waals surface area contributed by atoms with E-state index in [1.54, 1.807) is 0 Å². The van der Waals surface area contributed by atoms with Gasteiger partial charge in [0.1, 0.15) is 5.82 Å². The number of nitrogens with zero attached hydrogens (tertiary/aromatic N) is 1. The number of hydrogen-bond donors (Lipinski definition) is 2. The summed E-state index contributed by atoms with van der Waals surface area (Å²) in [5, 5.41) is 4.02. The van der Waals surface area contributed by atoms with Gasteiger partial charge in [0.05, 0.1) is 10.9 Å². The van der Waals surface area contributed by atoms with Gasteiger partial charge in [-0.3, -0.25) is 9.59 Å². The molecule has 1 aliphatic rings. The summed E-state index contributed by atoms with van der Waals surface area (Å²) in [7, 11) is 0. The number of rotatable bonds is 5. The molecule has 5 nitrogen and oxygen atoms in total. The Morgan fingerprint density at radius 2 is 2.11 bits per heavy atom. The molecule has 0 spiro atoms. The van der Waals surface area contributed by atoms with E-state index in [1.807, 2.05) is 30.5 Å². The number of anilines is 1. The maximum Gasteiger partial charge on any atom is 0.227 e. The van der Waals surface area contributed by atoms with Crippen LogP contribution >= 0.6 is 11.6 Å². The number of para-hydroxylation sites is 1. The fourth-order valence-electron chi connectivity index (χ4n) is 3.59. The molecule has 1 saturated heterocycles. The number of H-pyrrole nitrogens is 1. The third-order valence-corrected chi connectivity index (χ3v) is 5.37. The van der Waals surface area contributed by atoms with Crippen LogP contribution in [0.3, 0.4) is 0 Å². The first-order chi connectivity index (χ1) is 13.5. The summed E-state index contributed by atoms with van der Waals surface area (Å²) in [5.41, 5.74) is 2.71. The minimum Gasteiger partial charge on any atom is -0.361 e. The van der Waals surface area contributed by atoms with Crippen LogP contribution in [0, 0.1) is 11.7 Å². The minimum atomic E-state index is -0.538. The van der Waals surface area contributed by atoms with Gasteiger partial charge in [-0.2, -0.15) is 0 Å². The average molecular weight is 400 g/mol. The molecule has 0 saturated carbocycles. The van der Waals surface area contributed by atoms with Crippen molar-refractivity contribution >= 4 is 40.0 Å². The SMILES string of the molecule is O=C(NCCc1c[nH]c2ccccc12)C1CC(=O)N(c2ccc(F)c(Cl)c2)C1. The van der Waals surface area contributed by atoms with Crippen molar-refractivity contribution in [2.24, 2.45) is 5.92 Å². The summed E-state index contributed by atoms with van der Waals surface area (Å²) >= 11 is 5.80. The first kappa shape index (κ1) is 18.5. The Morgan fingerprint density at radius 1 is 1.29 bits per heavy atom. The van der Waals surface area contributed by atoms with E-state index < -0.39 is 11.7 Å². The van der Waals surface area contributed by atoms with Gasteiger partial charge in [-0.25, -0.2) is 4.39 Å². The van der Waals surface area contributed by atoms with Crippen molar-refractivity contribution in [3.63, 3.8) is 0 Å². The van der Waals surface area contributed by atoms with Crippen LogP contribution in [0.5, 0.6) is 0 Å². The van der Waals surface area contributed by atoms with Crippen molar-refractivity contribution in [1.82, 2.24) is 10.3 Å². The molecule has 2 aromatic carbocycles. The summed E-state index contributed by atoms with van der Waals surface area (Å²) in [5.74, 6) is -1.29. The van der Waals surface area contributed by atoms with Crippen molar-refractivity contribution in [2.45, 2.75) is 12.8 Å². The van der Waals surface area contributed by atoms with E-state index >= 15 is 0 Å². The largest absolute Gasteiger partial charge is 0.361 e. The van der Waals surface area contributed by atoms with E-state index in [0.29, 0.717) is 18.7 Å². The predicted molar refractivity (Wildman–Crippen MR) is 107 cm³/mol. The van der Waals surface area contributed by atoms with Gasteiger partial charge < -0.3 is 15.2 Å². The molecular formula is C21H19ClFN3O2. The van der Waals surface area contributed by atoms with Crippen LogP contribution in [0.15, 0.2) is 48.7 Å². The first-order valence-electron chi connectivity index (χ1n) is 9.11.